The van der Waals surface area contributed by atoms with E-state index in [1.54, 1.807) is 18.2 Å². The van der Waals surface area contributed by atoms with Gasteiger partial charge in [-0.3, -0.25) is 0 Å². The molecule has 0 bridgehead atoms. The second-order valence-corrected chi connectivity index (χ2v) is 7.72. The van der Waals surface area contributed by atoms with Gasteiger partial charge in [0.1, 0.15) is 0 Å². The molecule has 0 aliphatic heterocycles. The lowest BCUT2D eigenvalue weighted by atomic mass is 10.1. The van der Waals surface area contributed by atoms with Gasteiger partial charge in [0.05, 0.1) is 10.1 Å². The minimum atomic E-state index is -3.25. The van der Waals surface area contributed by atoms with Crippen LogP contribution in [0.15, 0.2) is 33.6 Å². The molecule has 2 N–H and O–H groups in total. The number of benzene rings is 1. The summed E-state index contributed by atoms with van der Waals surface area (Å²) in [5.74, 6) is 0.0268. The fraction of sp³-hybridized carbons (Fsp3) is 0.500. The Hall–Kier alpha value is -0.390. The smallest absolute Gasteiger partial charge is 0.181 e. The summed E-state index contributed by atoms with van der Waals surface area (Å²) < 4.78 is 25.7. The molecule has 0 aromatic heterocycles. The van der Waals surface area contributed by atoms with Crippen LogP contribution < -0.4 is 5.73 Å². The molecule has 0 spiro atoms. The highest BCUT2D eigenvalue weighted by Crippen LogP contribution is 2.34. The highest BCUT2D eigenvalue weighted by atomic mass is 79.9. The zero-order valence-corrected chi connectivity index (χ0v) is 12.0. The van der Waals surface area contributed by atoms with Crippen molar-refractivity contribution in [3.05, 3.63) is 28.7 Å². The summed E-state index contributed by atoms with van der Waals surface area (Å²) >= 11 is 3.30. The van der Waals surface area contributed by atoms with Gasteiger partial charge in [-0.15, -0.1) is 0 Å². The third-order valence-corrected chi connectivity index (χ3v) is 6.44. The molecule has 0 heterocycles. The second-order valence-electron chi connectivity index (χ2n) is 4.64. The van der Waals surface area contributed by atoms with E-state index in [-0.39, 0.29) is 17.2 Å². The van der Waals surface area contributed by atoms with Crippen LogP contribution in [-0.2, 0) is 9.84 Å². The quantitative estimate of drug-likeness (QED) is 0.910. The van der Waals surface area contributed by atoms with Crippen LogP contribution in [0.25, 0.3) is 0 Å². The predicted molar refractivity (Wildman–Crippen MR) is 71.5 cm³/mol. The van der Waals surface area contributed by atoms with Crippen LogP contribution in [0.5, 0.6) is 0 Å². The van der Waals surface area contributed by atoms with E-state index in [0.29, 0.717) is 11.3 Å². The average Bonchev–Trinajstić information content (AvgIpc) is 2.60. The molecule has 2 rings (SSSR count). The zero-order valence-electron chi connectivity index (χ0n) is 9.64. The van der Waals surface area contributed by atoms with E-state index in [1.807, 2.05) is 13.0 Å². The van der Waals surface area contributed by atoms with Gasteiger partial charge in [0, 0.05) is 10.5 Å². The topological polar surface area (TPSA) is 60.2 Å². The fourth-order valence-corrected chi connectivity index (χ4v) is 5.09. The standard InChI is InChI=1S/C12H16BrNO2S/c1-8-11(14)5-6-12(8)17(15,16)10-4-2-3-9(13)7-10/h2-4,7-8,11-12H,5-6,14H2,1H3. The molecular formula is C12H16BrNO2S. The number of rotatable bonds is 2. The highest BCUT2D eigenvalue weighted by Gasteiger charge is 2.39. The van der Waals surface area contributed by atoms with Crippen LogP contribution in [0.2, 0.25) is 0 Å². The summed E-state index contributed by atoms with van der Waals surface area (Å²) in [6.07, 6.45) is 1.45. The fourth-order valence-electron chi connectivity index (χ4n) is 2.41. The van der Waals surface area contributed by atoms with Gasteiger partial charge in [0.2, 0.25) is 0 Å². The first-order chi connectivity index (χ1) is 7.93. The molecule has 0 radical (unpaired) electrons. The molecule has 3 atom stereocenters. The predicted octanol–water partition coefficient (Wildman–Crippen LogP) is 2.35. The molecule has 1 aromatic carbocycles. The van der Waals surface area contributed by atoms with Crippen molar-refractivity contribution in [2.45, 2.75) is 36.0 Å². The Labute approximate surface area is 110 Å². The summed E-state index contributed by atoms with van der Waals surface area (Å²) in [5, 5.41) is -0.341. The van der Waals surface area contributed by atoms with Crippen LogP contribution in [0, 0.1) is 5.92 Å². The first-order valence-corrected chi connectivity index (χ1v) is 8.02. The molecule has 94 valence electrons. The normalized spacial score (nSPS) is 29.5. The van der Waals surface area contributed by atoms with Gasteiger partial charge >= 0.3 is 0 Å². The molecule has 5 heteroatoms. The lowest BCUT2D eigenvalue weighted by Gasteiger charge is -2.18. The molecule has 1 fully saturated rings. The van der Waals surface area contributed by atoms with Gasteiger partial charge < -0.3 is 5.73 Å². The third-order valence-electron chi connectivity index (χ3n) is 3.57. The van der Waals surface area contributed by atoms with Gasteiger partial charge in [0.25, 0.3) is 0 Å². The van der Waals surface area contributed by atoms with Crippen molar-refractivity contribution in [2.24, 2.45) is 11.7 Å². The van der Waals surface area contributed by atoms with E-state index in [1.165, 1.54) is 0 Å². The Bertz CT molecular complexity index is 515. The Morgan fingerprint density at radius 2 is 2.06 bits per heavy atom. The van der Waals surface area contributed by atoms with Crippen LogP contribution in [0.3, 0.4) is 0 Å². The maximum atomic E-state index is 12.5. The Kier molecular flexibility index (Phi) is 3.61. The summed E-state index contributed by atoms with van der Waals surface area (Å²) in [4.78, 5) is 0.387. The Morgan fingerprint density at radius 3 is 2.59 bits per heavy atom. The Morgan fingerprint density at radius 1 is 1.35 bits per heavy atom. The monoisotopic (exact) mass is 317 g/mol. The molecule has 0 saturated heterocycles. The first-order valence-electron chi connectivity index (χ1n) is 5.68. The zero-order chi connectivity index (χ0) is 12.6. The van der Waals surface area contributed by atoms with Gasteiger partial charge in [-0.1, -0.05) is 28.9 Å². The molecular weight excluding hydrogens is 302 g/mol. The van der Waals surface area contributed by atoms with Gasteiger partial charge in [-0.2, -0.15) is 0 Å². The molecule has 0 amide bonds. The van der Waals surface area contributed by atoms with Crippen molar-refractivity contribution in [1.29, 1.82) is 0 Å². The number of nitrogens with two attached hydrogens (primary N) is 1. The summed E-state index contributed by atoms with van der Waals surface area (Å²) in [6.45, 7) is 1.93. The van der Waals surface area contributed by atoms with E-state index in [9.17, 15) is 8.42 Å². The van der Waals surface area contributed by atoms with Gasteiger partial charge in [0.15, 0.2) is 9.84 Å². The molecule has 1 aliphatic rings. The van der Waals surface area contributed by atoms with E-state index in [0.717, 1.165) is 10.9 Å². The van der Waals surface area contributed by atoms with Crippen molar-refractivity contribution in [3.63, 3.8) is 0 Å². The SMILES string of the molecule is CC1C(N)CCC1S(=O)(=O)c1cccc(Br)c1. The molecule has 1 aliphatic carbocycles. The van der Waals surface area contributed by atoms with Crippen LogP contribution in [0.4, 0.5) is 0 Å². The number of sulfone groups is 1. The van der Waals surface area contributed by atoms with E-state index in [2.05, 4.69) is 15.9 Å². The summed E-state index contributed by atoms with van der Waals surface area (Å²) in [7, 11) is -3.25. The van der Waals surface area contributed by atoms with Gasteiger partial charge in [-0.05, 0) is 37.0 Å². The maximum Gasteiger partial charge on any atom is 0.181 e. The van der Waals surface area contributed by atoms with Crippen molar-refractivity contribution in [1.82, 2.24) is 0 Å². The van der Waals surface area contributed by atoms with Crippen molar-refractivity contribution < 1.29 is 8.42 Å². The van der Waals surface area contributed by atoms with E-state index in [4.69, 9.17) is 5.73 Å². The number of hydrogen-bond donors (Lipinski definition) is 1. The lowest BCUT2D eigenvalue weighted by Crippen LogP contribution is -2.32. The van der Waals surface area contributed by atoms with E-state index < -0.39 is 9.84 Å². The first kappa shape index (κ1) is 13.1. The maximum absolute atomic E-state index is 12.5. The lowest BCUT2D eigenvalue weighted by molar-refractivity contribution is 0.507. The molecule has 3 nitrogen and oxygen atoms in total. The second kappa shape index (κ2) is 4.71. The molecule has 3 unspecified atom stereocenters. The highest BCUT2D eigenvalue weighted by molar-refractivity contribution is 9.10. The van der Waals surface area contributed by atoms with Crippen molar-refractivity contribution >= 4 is 25.8 Å². The molecule has 17 heavy (non-hydrogen) atoms. The van der Waals surface area contributed by atoms with Crippen LogP contribution in [-0.4, -0.2) is 19.7 Å². The van der Waals surface area contributed by atoms with Gasteiger partial charge in [-0.25, -0.2) is 8.42 Å². The third kappa shape index (κ3) is 2.41. The number of hydrogen-bond acceptors (Lipinski definition) is 3. The minimum absolute atomic E-state index is 0.00179. The summed E-state index contributed by atoms with van der Waals surface area (Å²) in [5.41, 5.74) is 5.90. The summed E-state index contributed by atoms with van der Waals surface area (Å²) in [6, 6.07) is 6.88. The number of halogens is 1. The average molecular weight is 318 g/mol. The van der Waals surface area contributed by atoms with E-state index >= 15 is 0 Å². The van der Waals surface area contributed by atoms with Crippen molar-refractivity contribution in [3.8, 4) is 0 Å². The van der Waals surface area contributed by atoms with Crippen LogP contribution in [0.1, 0.15) is 19.8 Å². The molecule has 1 aromatic rings. The van der Waals surface area contributed by atoms with Crippen LogP contribution >= 0.6 is 15.9 Å². The minimum Gasteiger partial charge on any atom is -0.327 e. The Balaban J connectivity index is 2.37. The largest absolute Gasteiger partial charge is 0.327 e. The molecule has 1 saturated carbocycles. The van der Waals surface area contributed by atoms with Crippen molar-refractivity contribution in [2.75, 3.05) is 0 Å².